The second kappa shape index (κ2) is 6.01. The zero-order chi connectivity index (χ0) is 9.52. The Balaban J connectivity index is 2.50. The van der Waals surface area contributed by atoms with Crippen molar-refractivity contribution in [2.24, 2.45) is 0 Å². The van der Waals surface area contributed by atoms with E-state index in [1.54, 1.807) is 4.47 Å². The molecule has 1 aromatic rings. The van der Waals surface area contributed by atoms with Crippen molar-refractivity contribution in [3.8, 4) is 0 Å². The van der Waals surface area contributed by atoms with Crippen LogP contribution in [-0.2, 0) is 0 Å². The first-order chi connectivity index (χ1) is 6.33. The Morgan fingerprint density at radius 3 is 2.62 bits per heavy atom. The van der Waals surface area contributed by atoms with Crippen LogP contribution in [0.3, 0.4) is 0 Å². The van der Waals surface area contributed by atoms with Crippen LogP contribution in [0.2, 0.25) is 0 Å². The molecule has 0 saturated heterocycles. The first-order valence-electron chi connectivity index (χ1n) is 4.72. The van der Waals surface area contributed by atoms with Gasteiger partial charge in [-0.15, -0.1) is 0 Å². The summed E-state index contributed by atoms with van der Waals surface area (Å²) in [6, 6.07) is 10.7. The zero-order valence-electron chi connectivity index (χ0n) is 8.29. The molecule has 0 bridgehead atoms. The van der Waals surface area contributed by atoms with Crippen molar-refractivity contribution in [2.75, 3.05) is 0 Å². The minimum atomic E-state index is 0.538. The zero-order valence-corrected chi connectivity index (χ0v) is 10.00. The molecule has 0 unspecified atom stereocenters. The van der Waals surface area contributed by atoms with Crippen LogP contribution in [0.1, 0.15) is 26.7 Å². The van der Waals surface area contributed by atoms with Gasteiger partial charge in [-0.2, -0.15) is 0 Å². The molecule has 0 N–H and O–H groups in total. The van der Waals surface area contributed by atoms with Crippen LogP contribution in [0.5, 0.6) is 0 Å². The molecular formula is C12H16Se. The number of allylic oxidation sites excluding steroid dienone is 2. The maximum atomic E-state index is 2.37. The Morgan fingerprint density at radius 1 is 1.31 bits per heavy atom. The fourth-order valence-electron chi connectivity index (χ4n) is 1.06. The molecule has 0 atom stereocenters. The summed E-state index contributed by atoms with van der Waals surface area (Å²) >= 11 is 0.538. The molecule has 1 heteroatoms. The molecule has 0 nitrogen and oxygen atoms in total. The summed E-state index contributed by atoms with van der Waals surface area (Å²) in [5, 5.41) is 0. The van der Waals surface area contributed by atoms with Gasteiger partial charge in [-0.25, -0.2) is 0 Å². The third-order valence-corrected chi connectivity index (χ3v) is 3.83. The molecule has 0 fully saturated rings. The molecule has 0 aliphatic heterocycles. The first-order valence-corrected chi connectivity index (χ1v) is 6.44. The number of hydrogen-bond acceptors (Lipinski definition) is 0. The monoisotopic (exact) mass is 240 g/mol. The predicted octanol–water partition coefficient (Wildman–Crippen LogP) is 2.72. The topological polar surface area (TPSA) is 0 Å². The summed E-state index contributed by atoms with van der Waals surface area (Å²) in [6.45, 7) is 4.46. The Hall–Kier alpha value is -0.521. The molecular weight excluding hydrogens is 223 g/mol. The van der Waals surface area contributed by atoms with E-state index in [2.05, 4.69) is 50.3 Å². The van der Waals surface area contributed by atoms with E-state index in [0.29, 0.717) is 15.0 Å². The van der Waals surface area contributed by atoms with Gasteiger partial charge in [-0.05, 0) is 0 Å². The standard InChI is InChI=1S/C12H16Se/c1-3-4-8-11(2)13-12-9-6-5-7-10-12/h5-10H,3-4H2,1-2H3/b11-8+. The van der Waals surface area contributed by atoms with E-state index in [0.717, 1.165) is 0 Å². The van der Waals surface area contributed by atoms with Crippen molar-refractivity contribution in [1.82, 2.24) is 0 Å². The molecule has 70 valence electrons. The number of hydrogen-bond donors (Lipinski definition) is 0. The average molecular weight is 239 g/mol. The number of rotatable bonds is 4. The van der Waals surface area contributed by atoms with E-state index in [9.17, 15) is 0 Å². The molecule has 0 amide bonds. The fraction of sp³-hybridized carbons (Fsp3) is 0.333. The summed E-state index contributed by atoms with van der Waals surface area (Å²) in [5.74, 6) is 0. The molecule has 0 aromatic heterocycles. The van der Waals surface area contributed by atoms with E-state index < -0.39 is 0 Å². The molecule has 0 radical (unpaired) electrons. The van der Waals surface area contributed by atoms with E-state index in [4.69, 9.17) is 0 Å². The van der Waals surface area contributed by atoms with Crippen LogP contribution in [0.4, 0.5) is 0 Å². The summed E-state index contributed by atoms with van der Waals surface area (Å²) in [7, 11) is 0. The second-order valence-corrected chi connectivity index (χ2v) is 5.79. The van der Waals surface area contributed by atoms with E-state index in [-0.39, 0.29) is 0 Å². The molecule has 0 aliphatic carbocycles. The van der Waals surface area contributed by atoms with Gasteiger partial charge in [-0.1, -0.05) is 0 Å². The van der Waals surface area contributed by atoms with Crippen molar-refractivity contribution < 1.29 is 0 Å². The molecule has 1 aromatic carbocycles. The average Bonchev–Trinajstić information content (AvgIpc) is 2.16. The summed E-state index contributed by atoms with van der Waals surface area (Å²) in [4.78, 5) is 0. The Labute approximate surface area is 87.2 Å². The van der Waals surface area contributed by atoms with Crippen LogP contribution in [0.25, 0.3) is 0 Å². The maximum absolute atomic E-state index is 2.37. The van der Waals surface area contributed by atoms with Crippen molar-refractivity contribution in [2.45, 2.75) is 26.7 Å². The third-order valence-electron chi connectivity index (χ3n) is 1.74. The molecule has 1 rings (SSSR count). The van der Waals surface area contributed by atoms with Crippen LogP contribution < -0.4 is 4.46 Å². The van der Waals surface area contributed by atoms with Gasteiger partial charge in [0.1, 0.15) is 0 Å². The molecule has 0 aliphatic rings. The fourth-order valence-corrected chi connectivity index (χ4v) is 2.88. The normalized spacial score (nSPS) is 11.7. The summed E-state index contributed by atoms with van der Waals surface area (Å²) < 4.78 is 3.01. The third kappa shape index (κ3) is 4.31. The van der Waals surface area contributed by atoms with Crippen molar-refractivity contribution in [3.63, 3.8) is 0 Å². The van der Waals surface area contributed by atoms with Crippen molar-refractivity contribution in [3.05, 3.63) is 40.9 Å². The Kier molecular flexibility index (Phi) is 4.88. The van der Waals surface area contributed by atoms with E-state index >= 15 is 0 Å². The summed E-state index contributed by atoms with van der Waals surface area (Å²) in [5.41, 5.74) is 0. The second-order valence-electron chi connectivity index (χ2n) is 3.02. The van der Waals surface area contributed by atoms with Crippen molar-refractivity contribution >= 4 is 19.4 Å². The van der Waals surface area contributed by atoms with Gasteiger partial charge in [-0.3, -0.25) is 0 Å². The van der Waals surface area contributed by atoms with Gasteiger partial charge in [0, 0.05) is 0 Å². The molecule has 13 heavy (non-hydrogen) atoms. The molecule has 0 heterocycles. The van der Waals surface area contributed by atoms with Gasteiger partial charge in [0.25, 0.3) is 0 Å². The Morgan fingerprint density at radius 2 is 2.00 bits per heavy atom. The quantitative estimate of drug-likeness (QED) is 0.709. The number of benzene rings is 1. The van der Waals surface area contributed by atoms with E-state index in [1.807, 2.05) is 0 Å². The minimum absolute atomic E-state index is 0.538. The molecule has 0 saturated carbocycles. The van der Waals surface area contributed by atoms with Gasteiger partial charge >= 0.3 is 87.0 Å². The van der Waals surface area contributed by atoms with Crippen LogP contribution in [0, 0.1) is 0 Å². The van der Waals surface area contributed by atoms with Gasteiger partial charge < -0.3 is 0 Å². The predicted molar refractivity (Wildman–Crippen MR) is 60.5 cm³/mol. The van der Waals surface area contributed by atoms with Crippen LogP contribution >= 0.6 is 0 Å². The number of unbranched alkanes of at least 4 members (excludes halogenated alkanes) is 1. The van der Waals surface area contributed by atoms with Crippen LogP contribution in [0.15, 0.2) is 40.9 Å². The first kappa shape index (κ1) is 10.6. The van der Waals surface area contributed by atoms with Gasteiger partial charge in [0.05, 0.1) is 0 Å². The van der Waals surface area contributed by atoms with Crippen LogP contribution in [-0.4, -0.2) is 15.0 Å². The molecule has 0 spiro atoms. The summed E-state index contributed by atoms with van der Waals surface area (Å²) in [6.07, 6.45) is 4.84. The SMILES string of the molecule is CCC/C=C(\C)[Se]c1ccccc1. The van der Waals surface area contributed by atoms with E-state index in [1.165, 1.54) is 17.3 Å². The van der Waals surface area contributed by atoms with Gasteiger partial charge in [0.2, 0.25) is 0 Å². The Bertz CT molecular complexity index is 262. The van der Waals surface area contributed by atoms with Gasteiger partial charge in [0.15, 0.2) is 0 Å². The van der Waals surface area contributed by atoms with Crippen molar-refractivity contribution in [1.29, 1.82) is 0 Å².